The summed E-state index contributed by atoms with van der Waals surface area (Å²) in [6.07, 6.45) is 3.09. The monoisotopic (exact) mass is 146 g/mol. The average molecular weight is 146 g/mol. The molecule has 0 aromatic carbocycles. The van der Waals surface area contributed by atoms with Gasteiger partial charge >= 0.3 is 9.37 Å². The van der Waals surface area contributed by atoms with Crippen LogP contribution in [0.4, 0.5) is 4.11 Å². The summed E-state index contributed by atoms with van der Waals surface area (Å²) >= 11 is 0. The number of hydrogen-bond acceptors (Lipinski definition) is 1. The summed E-state index contributed by atoms with van der Waals surface area (Å²) in [5.41, 5.74) is 0. The molecule has 0 saturated heterocycles. The van der Waals surface area contributed by atoms with Crippen molar-refractivity contribution in [1.82, 2.24) is 0 Å². The summed E-state index contributed by atoms with van der Waals surface area (Å²) in [5, 5.41) is 0. The van der Waals surface area contributed by atoms with Gasteiger partial charge in [0.1, 0.15) is 0 Å². The third-order valence-electron chi connectivity index (χ3n) is 0.747. The van der Waals surface area contributed by atoms with Gasteiger partial charge in [-0.3, -0.25) is 4.11 Å². The predicted molar refractivity (Wildman–Crippen MR) is 39.4 cm³/mol. The smallest absolute Gasteiger partial charge is 0.372 e. The Balaban J connectivity index is 3.14. The molecule has 0 heterocycles. The van der Waals surface area contributed by atoms with Crippen molar-refractivity contribution in [2.24, 2.45) is 0 Å². The standard InChI is InChI=1S/C6H11FOSi/c1-3-5-8-9(7)6-4-2/h3-4,9H,1-2,5-6H2. The maximum Gasteiger partial charge on any atom is 0.372 e. The van der Waals surface area contributed by atoms with Crippen LogP contribution in [0.5, 0.6) is 0 Å². The van der Waals surface area contributed by atoms with E-state index in [4.69, 9.17) is 4.43 Å². The fraction of sp³-hybridized carbons (Fsp3) is 0.333. The van der Waals surface area contributed by atoms with E-state index in [0.717, 1.165) is 0 Å². The Kier molecular flexibility index (Phi) is 5.46. The Morgan fingerprint density at radius 2 is 2.11 bits per heavy atom. The first-order valence-electron chi connectivity index (χ1n) is 2.78. The molecule has 1 unspecified atom stereocenters. The zero-order valence-corrected chi connectivity index (χ0v) is 6.50. The number of hydrogen-bond donors (Lipinski definition) is 0. The van der Waals surface area contributed by atoms with E-state index in [9.17, 15) is 4.11 Å². The highest BCUT2D eigenvalue weighted by Crippen LogP contribution is 1.95. The van der Waals surface area contributed by atoms with Crippen LogP contribution in [-0.4, -0.2) is 16.0 Å². The summed E-state index contributed by atoms with van der Waals surface area (Å²) in [6.45, 7) is 7.12. The molecule has 0 aromatic heterocycles. The molecular formula is C6H11FOSi. The fourth-order valence-corrected chi connectivity index (χ4v) is 1.11. The van der Waals surface area contributed by atoms with Crippen LogP contribution in [0.3, 0.4) is 0 Å². The van der Waals surface area contributed by atoms with Crippen molar-refractivity contribution in [3.05, 3.63) is 25.3 Å². The first-order valence-corrected chi connectivity index (χ1v) is 4.51. The van der Waals surface area contributed by atoms with Crippen LogP contribution in [0.15, 0.2) is 25.3 Å². The zero-order chi connectivity index (χ0) is 7.11. The van der Waals surface area contributed by atoms with E-state index in [1.807, 2.05) is 0 Å². The van der Waals surface area contributed by atoms with Gasteiger partial charge in [-0.1, -0.05) is 12.2 Å². The van der Waals surface area contributed by atoms with Crippen LogP contribution in [0.2, 0.25) is 6.04 Å². The van der Waals surface area contributed by atoms with Crippen molar-refractivity contribution >= 4 is 9.37 Å². The van der Waals surface area contributed by atoms with Crippen LogP contribution in [0, 0.1) is 0 Å². The molecule has 0 aromatic rings. The van der Waals surface area contributed by atoms with Gasteiger partial charge in [-0.2, -0.15) is 0 Å². The SMILES string of the molecule is C=CCO[SiH](F)CC=C. The molecule has 0 aliphatic rings. The topological polar surface area (TPSA) is 9.23 Å². The molecule has 0 spiro atoms. The van der Waals surface area contributed by atoms with Crippen molar-refractivity contribution in [3.63, 3.8) is 0 Å². The van der Waals surface area contributed by atoms with Gasteiger partial charge in [-0.05, 0) is 0 Å². The second kappa shape index (κ2) is 5.72. The molecule has 0 amide bonds. The van der Waals surface area contributed by atoms with E-state index in [0.29, 0.717) is 12.7 Å². The molecule has 9 heavy (non-hydrogen) atoms. The number of halogens is 1. The third-order valence-corrected chi connectivity index (χ3v) is 2.00. The molecule has 0 radical (unpaired) electrons. The maximum absolute atomic E-state index is 12.4. The van der Waals surface area contributed by atoms with Crippen LogP contribution >= 0.6 is 0 Å². The highest BCUT2D eigenvalue weighted by atomic mass is 28.3. The lowest BCUT2D eigenvalue weighted by Gasteiger charge is -2.00. The Morgan fingerprint density at radius 1 is 1.44 bits per heavy atom. The van der Waals surface area contributed by atoms with Gasteiger partial charge in [0.2, 0.25) is 0 Å². The summed E-state index contributed by atoms with van der Waals surface area (Å²) in [7, 11) is -2.41. The fourth-order valence-electron chi connectivity index (χ4n) is 0.372. The molecule has 0 fully saturated rings. The van der Waals surface area contributed by atoms with Gasteiger partial charge in [0.05, 0.1) is 6.61 Å². The van der Waals surface area contributed by atoms with E-state index in [1.165, 1.54) is 0 Å². The van der Waals surface area contributed by atoms with Crippen LogP contribution in [-0.2, 0) is 4.43 Å². The van der Waals surface area contributed by atoms with E-state index in [2.05, 4.69) is 13.2 Å². The van der Waals surface area contributed by atoms with Gasteiger partial charge in [0.25, 0.3) is 0 Å². The van der Waals surface area contributed by atoms with Gasteiger partial charge in [0, 0.05) is 6.04 Å². The molecule has 0 bridgehead atoms. The lowest BCUT2D eigenvalue weighted by atomic mass is 10.7. The average Bonchev–Trinajstić information content (AvgIpc) is 1.85. The first-order chi connectivity index (χ1) is 4.31. The van der Waals surface area contributed by atoms with Crippen molar-refractivity contribution in [1.29, 1.82) is 0 Å². The zero-order valence-electron chi connectivity index (χ0n) is 5.35. The molecule has 0 saturated carbocycles. The first kappa shape index (κ1) is 8.59. The second-order valence-corrected chi connectivity index (χ2v) is 3.18. The Morgan fingerprint density at radius 3 is 2.56 bits per heavy atom. The largest absolute Gasteiger partial charge is 0.389 e. The highest BCUT2D eigenvalue weighted by Gasteiger charge is 2.04. The molecule has 52 valence electrons. The Bertz CT molecular complexity index is 95.1. The normalized spacial score (nSPS) is 12.6. The number of allylic oxidation sites excluding steroid dienone is 1. The van der Waals surface area contributed by atoms with Gasteiger partial charge < -0.3 is 4.43 Å². The van der Waals surface area contributed by atoms with Crippen molar-refractivity contribution in [3.8, 4) is 0 Å². The Hall–Kier alpha value is -0.413. The molecular weight excluding hydrogens is 135 g/mol. The summed E-state index contributed by atoms with van der Waals surface area (Å²) in [6, 6.07) is 0.383. The summed E-state index contributed by atoms with van der Waals surface area (Å²) in [4.78, 5) is 0. The van der Waals surface area contributed by atoms with Crippen LogP contribution < -0.4 is 0 Å². The van der Waals surface area contributed by atoms with Crippen molar-refractivity contribution in [2.75, 3.05) is 6.61 Å². The third kappa shape index (κ3) is 5.46. The molecule has 3 heteroatoms. The summed E-state index contributed by atoms with van der Waals surface area (Å²) < 4.78 is 17.1. The lowest BCUT2D eigenvalue weighted by molar-refractivity contribution is 0.333. The van der Waals surface area contributed by atoms with E-state index >= 15 is 0 Å². The quantitative estimate of drug-likeness (QED) is 0.325. The molecule has 1 nitrogen and oxygen atoms in total. The molecule has 0 aliphatic heterocycles. The molecule has 0 aliphatic carbocycles. The van der Waals surface area contributed by atoms with E-state index in [1.54, 1.807) is 12.2 Å². The number of rotatable bonds is 5. The van der Waals surface area contributed by atoms with Crippen molar-refractivity contribution < 1.29 is 8.53 Å². The van der Waals surface area contributed by atoms with Crippen molar-refractivity contribution in [2.45, 2.75) is 6.04 Å². The summed E-state index contributed by atoms with van der Waals surface area (Å²) in [5.74, 6) is 0. The minimum Gasteiger partial charge on any atom is -0.389 e. The minimum absolute atomic E-state index is 0.321. The molecule has 0 rings (SSSR count). The van der Waals surface area contributed by atoms with Gasteiger partial charge in [-0.25, -0.2) is 0 Å². The predicted octanol–water partition coefficient (Wildman–Crippen LogP) is 1.56. The van der Waals surface area contributed by atoms with Crippen LogP contribution in [0.25, 0.3) is 0 Å². The van der Waals surface area contributed by atoms with Gasteiger partial charge in [-0.15, -0.1) is 13.2 Å². The minimum atomic E-state index is -2.41. The molecule has 0 N–H and O–H groups in total. The Labute approximate surface area is 56.7 Å². The molecule has 1 atom stereocenters. The second-order valence-electron chi connectivity index (χ2n) is 1.56. The van der Waals surface area contributed by atoms with E-state index < -0.39 is 9.37 Å². The lowest BCUT2D eigenvalue weighted by Crippen LogP contribution is -2.09. The highest BCUT2D eigenvalue weighted by molar-refractivity contribution is 6.44. The van der Waals surface area contributed by atoms with Crippen LogP contribution in [0.1, 0.15) is 0 Å². The van der Waals surface area contributed by atoms with Gasteiger partial charge in [0.15, 0.2) is 0 Å². The van der Waals surface area contributed by atoms with E-state index in [-0.39, 0.29) is 0 Å². The maximum atomic E-state index is 12.4.